The van der Waals surface area contributed by atoms with Crippen molar-refractivity contribution in [3.05, 3.63) is 59.2 Å². The Morgan fingerprint density at radius 1 is 1.32 bits per heavy atom. The normalized spacial score (nSPS) is 18.5. The third-order valence-electron chi connectivity index (χ3n) is 4.33. The predicted molar refractivity (Wildman–Crippen MR) is 83.2 cm³/mol. The van der Waals surface area contributed by atoms with Crippen LogP contribution in [0.1, 0.15) is 27.8 Å². The molecule has 22 heavy (non-hydrogen) atoms. The van der Waals surface area contributed by atoms with Gasteiger partial charge in [0, 0.05) is 32.4 Å². The number of carbonyl (C=O) groups excluding carboxylic acids is 1. The first-order chi connectivity index (χ1) is 10.6. The molecule has 0 bridgehead atoms. The summed E-state index contributed by atoms with van der Waals surface area (Å²) in [6, 6.07) is 10.1. The molecule has 0 saturated carbocycles. The SMILES string of the molecule is Cc1ccc(C(=O)N2CCNCC2c2cccc(F)c2)n1C. The Morgan fingerprint density at radius 2 is 2.14 bits per heavy atom. The summed E-state index contributed by atoms with van der Waals surface area (Å²) < 4.78 is 15.4. The van der Waals surface area contributed by atoms with E-state index < -0.39 is 0 Å². The Hall–Kier alpha value is -2.14. The summed E-state index contributed by atoms with van der Waals surface area (Å²) >= 11 is 0. The van der Waals surface area contributed by atoms with Gasteiger partial charge in [0.2, 0.25) is 0 Å². The summed E-state index contributed by atoms with van der Waals surface area (Å²) in [6.45, 7) is 3.97. The van der Waals surface area contributed by atoms with E-state index >= 15 is 0 Å². The maximum Gasteiger partial charge on any atom is 0.271 e. The summed E-state index contributed by atoms with van der Waals surface area (Å²) in [5.41, 5.74) is 2.54. The monoisotopic (exact) mass is 301 g/mol. The molecule has 1 unspecified atom stereocenters. The number of amides is 1. The second kappa shape index (κ2) is 5.93. The first-order valence-corrected chi connectivity index (χ1v) is 7.47. The molecule has 5 heteroatoms. The minimum atomic E-state index is -0.273. The summed E-state index contributed by atoms with van der Waals surface area (Å²) in [5, 5.41) is 3.29. The van der Waals surface area contributed by atoms with E-state index in [4.69, 9.17) is 0 Å². The van der Waals surface area contributed by atoms with Gasteiger partial charge in [-0.3, -0.25) is 4.79 Å². The van der Waals surface area contributed by atoms with Gasteiger partial charge in [-0.25, -0.2) is 4.39 Å². The second-order valence-corrected chi connectivity index (χ2v) is 5.69. The summed E-state index contributed by atoms with van der Waals surface area (Å²) in [7, 11) is 1.89. The molecule has 2 heterocycles. The molecule has 3 rings (SSSR count). The highest BCUT2D eigenvalue weighted by Crippen LogP contribution is 2.25. The highest BCUT2D eigenvalue weighted by Gasteiger charge is 2.30. The molecule has 1 saturated heterocycles. The lowest BCUT2D eigenvalue weighted by Gasteiger charge is -2.36. The Kier molecular flexibility index (Phi) is 3.98. The van der Waals surface area contributed by atoms with Crippen molar-refractivity contribution in [2.24, 2.45) is 7.05 Å². The molecule has 2 aromatic rings. The molecule has 0 spiro atoms. The Morgan fingerprint density at radius 3 is 2.82 bits per heavy atom. The van der Waals surface area contributed by atoms with E-state index in [1.54, 1.807) is 6.07 Å². The van der Waals surface area contributed by atoms with Crippen LogP contribution in [0.5, 0.6) is 0 Å². The maximum atomic E-state index is 13.5. The summed E-state index contributed by atoms with van der Waals surface area (Å²) in [4.78, 5) is 14.7. The number of aromatic nitrogens is 1. The van der Waals surface area contributed by atoms with Crippen LogP contribution in [-0.2, 0) is 7.05 Å². The first kappa shape index (κ1) is 14.8. The zero-order valence-electron chi connectivity index (χ0n) is 12.8. The molecular formula is C17H20FN3O. The van der Waals surface area contributed by atoms with Gasteiger partial charge in [0.25, 0.3) is 5.91 Å². The number of aryl methyl sites for hydroxylation is 1. The van der Waals surface area contributed by atoms with E-state index in [1.807, 2.05) is 41.6 Å². The summed E-state index contributed by atoms with van der Waals surface area (Å²) in [6.07, 6.45) is 0. The van der Waals surface area contributed by atoms with Gasteiger partial charge in [0.05, 0.1) is 6.04 Å². The fourth-order valence-electron chi connectivity index (χ4n) is 2.93. The number of hydrogen-bond donors (Lipinski definition) is 1. The van der Waals surface area contributed by atoms with Crippen molar-refractivity contribution in [2.45, 2.75) is 13.0 Å². The highest BCUT2D eigenvalue weighted by molar-refractivity contribution is 5.93. The van der Waals surface area contributed by atoms with E-state index in [1.165, 1.54) is 12.1 Å². The Labute approximate surface area is 129 Å². The number of carbonyl (C=O) groups is 1. The van der Waals surface area contributed by atoms with Gasteiger partial charge in [-0.15, -0.1) is 0 Å². The molecule has 1 aromatic carbocycles. The molecular weight excluding hydrogens is 281 g/mol. The number of piperazine rings is 1. The van der Waals surface area contributed by atoms with Crippen molar-refractivity contribution in [1.29, 1.82) is 0 Å². The largest absolute Gasteiger partial charge is 0.344 e. The summed E-state index contributed by atoms with van der Waals surface area (Å²) in [5.74, 6) is -0.281. The molecule has 4 nitrogen and oxygen atoms in total. The predicted octanol–water partition coefficient (Wildman–Crippen LogP) is 2.26. The van der Waals surface area contributed by atoms with Crippen molar-refractivity contribution in [3.63, 3.8) is 0 Å². The van der Waals surface area contributed by atoms with Crippen molar-refractivity contribution in [1.82, 2.24) is 14.8 Å². The van der Waals surface area contributed by atoms with Crippen LogP contribution in [0.25, 0.3) is 0 Å². The van der Waals surface area contributed by atoms with E-state index in [-0.39, 0.29) is 17.8 Å². The highest BCUT2D eigenvalue weighted by atomic mass is 19.1. The molecule has 1 aromatic heterocycles. The van der Waals surface area contributed by atoms with Crippen molar-refractivity contribution >= 4 is 5.91 Å². The van der Waals surface area contributed by atoms with Gasteiger partial charge in [0.1, 0.15) is 11.5 Å². The average molecular weight is 301 g/mol. The fraction of sp³-hybridized carbons (Fsp3) is 0.353. The maximum absolute atomic E-state index is 13.5. The number of benzene rings is 1. The van der Waals surface area contributed by atoms with Crippen LogP contribution < -0.4 is 5.32 Å². The van der Waals surface area contributed by atoms with Gasteiger partial charge in [0.15, 0.2) is 0 Å². The van der Waals surface area contributed by atoms with Crippen LogP contribution in [0, 0.1) is 12.7 Å². The Bertz CT molecular complexity index is 695. The fourth-order valence-corrected chi connectivity index (χ4v) is 2.93. The van der Waals surface area contributed by atoms with Crippen LogP contribution in [0.2, 0.25) is 0 Å². The zero-order valence-corrected chi connectivity index (χ0v) is 12.8. The van der Waals surface area contributed by atoms with Crippen LogP contribution in [0.3, 0.4) is 0 Å². The molecule has 1 amide bonds. The average Bonchev–Trinajstić information content (AvgIpc) is 2.86. The molecule has 1 atom stereocenters. The van der Waals surface area contributed by atoms with E-state index in [2.05, 4.69) is 5.32 Å². The van der Waals surface area contributed by atoms with Gasteiger partial charge in [-0.05, 0) is 36.8 Å². The van der Waals surface area contributed by atoms with Gasteiger partial charge in [-0.2, -0.15) is 0 Å². The molecule has 116 valence electrons. The van der Waals surface area contributed by atoms with E-state index in [0.29, 0.717) is 18.8 Å². The third kappa shape index (κ3) is 2.64. The van der Waals surface area contributed by atoms with Crippen LogP contribution in [-0.4, -0.2) is 35.0 Å². The number of hydrogen-bond acceptors (Lipinski definition) is 2. The van der Waals surface area contributed by atoms with Gasteiger partial charge >= 0.3 is 0 Å². The molecule has 0 aliphatic carbocycles. The van der Waals surface area contributed by atoms with Gasteiger partial charge in [-0.1, -0.05) is 12.1 Å². The van der Waals surface area contributed by atoms with Crippen LogP contribution in [0.4, 0.5) is 4.39 Å². The molecule has 1 aliphatic rings. The topological polar surface area (TPSA) is 37.3 Å². The van der Waals surface area contributed by atoms with Crippen molar-refractivity contribution < 1.29 is 9.18 Å². The minimum Gasteiger partial charge on any atom is -0.344 e. The lowest BCUT2D eigenvalue weighted by Crippen LogP contribution is -2.49. The molecule has 0 radical (unpaired) electrons. The van der Waals surface area contributed by atoms with Crippen LogP contribution >= 0.6 is 0 Å². The molecule has 1 aliphatic heterocycles. The lowest BCUT2D eigenvalue weighted by molar-refractivity contribution is 0.0624. The quantitative estimate of drug-likeness (QED) is 0.924. The van der Waals surface area contributed by atoms with E-state index in [9.17, 15) is 9.18 Å². The standard InChI is InChI=1S/C17H20FN3O/c1-12-6-7-15(20(12)2)17(22)21-9-8-19-11-16(21)13-4-3-5-14(18)10-13/h3-7,10,16,19H,8-9,11H2,1-2H3. The van der Waals surface area contributed by atoms with Gasteiger partial charge < -0.3 is 14.8 Å². The van der Waals surface area contributed by atoms with E-state index in [0.717, 1.165) is 17.8 Å². The second-order valence-electron chi connectivity index (χ2n) is 5.69. The number of nitrogens with zero attached hydrogens (tertiary/aromatic N) is 2. The van der Waals surface area contributed by atoms with Crippen LogP contribution in [0.15, 0.2) is 36.4 Å². The van der Waals surface area contributed by atoms with Crippen molar-refractivity contribution in [3.8, 4) is 0 Å². The number of nitrogens with one attached hydrogen (secondary N) is 1. The third-order valence-corrected chi connectivity index (χ3v) is 4.33. The smallest absolute Gasteiger partial charge is 0.271 e. The molecule has 1 fully saturated rings. The van der Waals surface area contributed by atoms with Crippen molar-refractivity contribution in [2.75, 3.05) is 19.6 Å². The number of rotatable bonds is 2. The zero-order chi connectivity index (χ0) is 15.7. The minimum absolute atomic E-state index is 0.00800. The first-order valence-electron chi connectivity index (χ1n) is 7.47. The number of halogens is 1. The molecule has 1 N–H and O–H groups in total. The lowest BCUT2D eigenvalue weighted by atomic mass is 10.0. The Balaban J connectivity index is 1.93.